The molecule has 0 spiro atoms. The van der Waals surface area contributed by atoms with Crippen molar-refractivity contribution in [3.8, 4) is 11.3 Å². The zero-order chi connectivity index (χ0) is 18.2. The lowest BCUT2D eigenvalue weighted by Gasteiger charge is -2.17. The minimum atomic E-state index is -4.74. The van der Waals surface area contributed by atoms with E-state index in [1.807, 2.05) is 0 Å². The Kier molecular flexibility index (Phi) is 5.19. The second-order valence-corrected chi connectivity index (χ2v) is 6.47. The van der Waals surface area contributed by atoms with E-state index in [0.29, 0.717) is 11.6 Å². The van der Waals surface area contributed by atoms with Gasteiger partial charge < -0.3 is 9.08 Å². The molecule has 2 unspecified atom stereocenters. The van der Waals surface area contributed by atoms with Crippen molar-refractivity contribution in [3.63, 3.8) is 0 Å². The van der Waals surface area contributed by atoms with Crippen molar-refractivity contribution in [2.24, 2.45) is 0 Å². The molecule has 0 saturated carbocycles. The maximum Gasteiger partial charge on any atom is 0.452 e. The zero-order valence-electron chi connectivity index (χ0n) is 12.3. The number of halogens is 6. The first-order valence-corrected chi connectivity index (χ1v) is 7.72. The quantitative estimate of drug-likeness (QED) is 0.581. The molecule has 0 radical (unpaired) electrons. The first-order chi connectivity index (χ1) is 11.0. The summed E-state index contributed by atoms with van der Waals surface area (Å²) >= 11 is -2.67. The van der Waals surface area contributed by atoms with Gasteiger partial charge >= 0.3 is 18.1 Å². The highest BCUT2D eigenvalue weighted by Crippen LogP contribution is 2.35. The average molecular weight is 371 g/mol. The maximum absolute atomic E-state index is 13.3. The number of benzene rings is 1. The van der Waals surface area contributed by atoms with Crippen molar-refractivity contribution in [2.45, 2.75) is 36.8 Å². The lowest BCUT2D eigenvalue weighted by Crippen LogP contribution is -2.25. The summed E-state index contributed by atoms with van der Waals surface area (Å²) in [5.41, 5.74) is -2.31. The topological polar surface area (TPSA) is 49.1 Å². The van der Waals surface area contributed by atoms with Gasteiger partial charge in [0.15, 0.2) is 4.90 Å². The van der Waals surface area contributed by atoms with Gasteiger partial charge in [-0.05, 0) is 19.4 Å². The van der Waals surface area contributed by atoms with Crippen molar-refractivity contribution in [2.75, 3.05) is 0 Å². The van der Waals surface area contributed by atoms with E-state index in [0.717, 1.165) is 6.07 Å². The van der Waals surface area contributed by atoms with Crippen molar-refractivity contribution >= 4 is 11.2 Å². The Balaban J connectivity index is 2.49. The highest BCUT2D eigenvalue weighted by Gasteiger charge is 2.37. The van der Waals surface area contributed by atoms with Crippen molar-refractivity contribution in [1.82, 2.24) is 5.16 Å². The van der Waals surface area contributed by atoms with Crippen LogP contribution in [0.1, 0.15) is 16.9 Å². The highest BCUT2D eigenvalue weighted by molar-refractivity contribution is 7.92. The third-order valence-electron chi connectivity index (χ3n) is 3.21. The van der Waals surface area contributed by atoms with Crippen LogP contribution >= 0.6 is 0 Å². The summed E-state index contributed by atoms with van der Waals surface area (Å²) < 4.78 is 92.0. The van der Waals surface area contributed by atoms with Crippen molar-refractivity contribution < 1.29 is 35.4 Å². The molecule has 1 aromatic carbocycles. The van der Waals surface area contributed by atoms with Gasteiger partial charge in [-0.25, -0.2) is 8.78 Å². The molecule has 2 atom stereocenters. The molecule has 2 aromatic rings. The van der Waals surface area contributed by atoms with Crippen molar-refractivity contribution in [3.05, 3.63) is 35.1 Å². The summed E-state index contributed by atoms with van der Waals surface area (Å²) in [6, 6.07) is 3.13. The Morgan fingerprint density at radius 3 is 2.21 bits per heavy atom. The summed E-state index contributed by atoms with van der Waals surface area (Å²) in [5, 5.41) is 3.29. The van der Waals surface area contributed by atoms with E-state index in [4.69, 9.17) is 0 Å². The van der Waals surface area contributed by atoms with Gasteiger partial charge in [-0.2, -0.15) is 17.6 Å². The number of aromatic nitrogens is 1. The first-order valence-electron chi connectivity index (χ1n) is 6.50. The molecule has 0 amide bonds. The fraction of sp³-hybridized carbons (Fsp3) is 0.357. The molecule has 0 bridgehead atoms. The van der Waals surface area contributed by atoms with Crippen LogP contribution in [0, 0.1) is 13.8 Å². The minimum Gasteiger partial charge on any atom is -0.609 e. The summed E-state index contributed by atoms with van der Waals surface area (Å²) in [6.45, 7) is 2.98. The molecule has 0 aliphatic carbocycles. The summed E-state index contributed by atoms with van der Waals surface area (Å²) in [7, 11) is 0. The Bertz CT molecular complexity index is 731. The molecule has 0 N–H and O–H groups in total. The maximum atomic E-state index is 13.3. The lowest BCUT2D eigenvalue weighted by atomic mass is 10.0. The number of hydrogen-bond acceptors (Lipinski definition) is 3. The Morgan fingerprint density at radius 1 is 1.08 bits per heavy atom. The van der Waals surface area contributed by atoms with Gasteiger partial charge in [0.2, 0.25) is 5.76 Å². The van der Waals surface area contributed by atoms with Crippen LogP contribution in [0.15, 0.2) is 27.6 Å². The lowest BCUT2D eigenvalue weighted by molar-refractivity contribution is -0.155. The van der Waals surface area contributed by atoms with Gasteiger partial charge in [0.25, 0.3) is 0 Å². The molecule has 10 heteroatoms. The summed E-state index contributed by atoms with van der Waals surface area (Å²) in [4.78, 5) is -0.236. The number of hydrogen-bond donors (Lipinski definition) is 0. The van der Waals surface area contributed by atoms with Crippen LogP contribution in [0.2, 0.25) is 0 Å². The number of alkyl halides is 6. The summed E-state index contributed by atoms with van der Waals surface area (Å²) in [6.07, 6.45) is -8.19. The van der Waals surface area contributed by atoms with E-state index < -0.39 is 35.0 Å². The monoisotopic (exact) mass is 371 g/mol. The Hall–Kier alpha value is -1.68. The van der Waals surface area contributed by atoms with E-state index >= 15 is 0 Å². The molecule has 24 heavy (non-hydrogen) atoms. The van der Waals surface area contributed by atoms with Crippen LogP contribution in [0.25, 0.3) is 11.3 Å². The van der Waals surface area contributed by atoms with Crippen LogP contribution in [0.3, 0.4) is 0 Å². The van der Waals surface area contributed by atoms with Crippen LogP contribution < -0.4 is 0 Å². The van der Waals surface area contributed by atoms with Crippen LogP contribution in [-0.4, -0.2) is 21.6 Å². The van der Waals surface area contributed by atoms with Gasteiger partial charge in [-0.1, -0.05) is 11.2 Å². The van der Waals surface area contributed by atoms with Crippen LogP contribution in [0.4, 0.5) is 26.3 Å². The molecular formula is C14H11F6NO2S. The van der Waals surface area contributed by atoms with Gasteiger partial charge in [-0.15, -0.1) is 0 Å². The highest BCUT2D eigenvalue weighted by atomic mass is 32.2. The molecule has 132 valence electrons. The fourth-order valence-electron chi connectivity index (χ4n) is 2.08. The normalized spacial score (nSPS) is 14.9. The molecule has 1 heterocycles. The average Bonchev–Trinajstić information content (AvgIpc) is 2.95. The Labute approximate surface area is 135 Å². The molecule has 0 aliphatic heterocycles. The molecular weight excluding hydrogens is 360 g/mol. The largest absolute Gasteiger partial charge is 0.609 e. The van der Waals surface area contributed by atoms with Crippen LogP contribution in [0.5, 0.6) is 0 Å². The fourth-order valence-corrected chi connectivity index (χ4v) is 3.12. The predicted molar refractivity (Wildman–Crippen MR) is 73.7 cm³/mol. The van der Waals surface area contributed by atoms with Gasteiger partial charge in [0.1, 0.15) is 5.69 Å². The smallest absolute Gasteiger partial charge is 0.452 e. The predicted octanol–water partition coefficient (Wildman–Crippen LogP) is 4.65. The van der Waals surface area contributed by atoms with E-state index in [9.17, 15) is 30.9 Å². The van der Waals surface area contributed by atoms with E-state index in [1.54, 1.807) is 0 Å². The first kappa shape index (κ1) is 18.7. The second kappa shape index (κ2) is 6.67. The van der Waals surface area contributed by atoms with E-state index in [1.165, 1.54) is 19.9 Å². The molecule has 0 saturated heterocycles. The van der Waals surface area contributed by atoms with E-state index in [2.05, 4.69) is 9.68 Å². The SMILES string of the molecule is Cc1cc(C)c([S+]([O-])C(F)C(F)F)cc1-c1cc(C(F)(F)F)on1. The molecule has 0 aliphatic rings. The number of nitrogens with zero attached hydrogens (tertiary/aromatic N) is 1. The van der Waals surface area contributed by atoms with Gasteiger partial charge in [-0.3, -0.25) is 0 Å². The van der Waals surface area contributed by atoms with Crippen molar-refractivity contribution in [1.29, 1.82) is 0 Å². The third-order valence-corrected chi connectivity index (χ3v) is 4.69. The molecule has 0 fully saturated rings. The number of rotatable bonds is 4. The number of aryl methyl sites for hydroxylation is 2. The zero-order valence-corrected chi connectivity index (χ0v) is 13.1. The summed E-state index contributed by atoms with van der Waals surface area (Å²) in [5.74, 6) is -1.34. The third kappa shape index (κ3) is 3.69. The Morgan fingerprint density at radius 2 is 1.71 bits per heavy atom. The van der Waals surface area contributed by atoms with Gasteiger partial charge in [0, 0.05) is 34.4 Å². The molecule has 3 nitrogen and oxygen atoms in total. The minimum absolute atomic E-state index is 0.0877. The molecule has 1 aromatic heterocycles. The van der Waals surface area contributed by atoms with E-state index in [-0.39, 0.29) is 21.7 Å². The molecule has 2 rings (SSSR count). The van der Waals surface area contributed by atoms with Gasteiger partial charge in [0.05, 0.1) is 0 Å². The standard InChI is InChI=1S/C14H11F6NO2S/c1-6-3-7(2)10(24(22)13(17)12(15)16)4-8(6)9-5-11(23-21-9)14(18,19)20/h3-5,12-13H,1-2H3. The van der Waals surface area contributed by atoms with Crippen LogP contribution in [-0.2, 0) is 17.4 Å². The second-order valence-electron chi connectivity index (χ2n) is 4.99.